The number of piperazine rings is 1. The summed E-state index contributed by atoms with van der Waals surface area (Å²) in [6.45, 7) is 9.01. The van der Waals surface area contributed by atoms with E-state index in [0.717, 1.165) is 71.6 Å². The van der Waals surface area contributed by atoms with Crippen molar-refractivity contribution in [3.63, 3.8) is 0 Å². The summed E-state index contributed by atoms with van der Waals surface area (Å²) in [6, 6.07) is 0. The average molecular weight is 347 g/mol. The van der Waals surface area contributed by atoms with E-state index in [2.05, 4.69) is 22.5 Å². The van der Waals surface area contributed by atoms with Crippen LogP contribution in [0.1, 0.15) is 32.6 Å². The van der Waals surface area contributed by atoms with Gasteiger partial charge in [-0.05, 0) is 32.4 Å². The second-order valence-corrected chi connectivity index (χ2v) is 6.29. The molecule has 2 aliphatic rings. The summed E-state index contributed by atoms with van der Waals surface area (Å²) in [5, 5.41) is 6.25. The Kier molecular flexibility index (Phi) is 9.52. The van der Waals surface area contributed by atoms with Crippen molar-refractivity contribution in [1.82, 2.24) is 20.4 Å². The van der Waals surface area contributed by atoms with E-state index in [1.807, 2.05) is 4.90 Å². The standard InChI is InChI=1S/C16H30N4O2.ClH/c1-2-6-18-16(22)14-3-9-19(10-4-14)11-5-15(21)20-12-7-17-8-13-20;/h14,17H,2-13H2,1H3,(H,18,22);1H. The molecule has 2 fully saturated rings. The summed E-state index contributed by atoms with van der Waals surface area (Å²) in [5.74, 6) is 0.634. The molecule has 0 radical (unpaired) electrons. The number of likely N-dealkylation sites (tertiary alicyclic amines) is 1. The number of piperidine rings is 1. The zero-order valence-corrected chi connectivity index (χ0v) is 15.0. The molecule has 6 nitrogen and oxygen atoms in total. The zero-order valence-electron chi connectivity index (χ0n) is 14.2. The highest BCUT2D eigenvalue weighted by Gasteiger charge is 2.25. The highest BCUT2D eigenvalue weighted by molar-refractivity contribution is 5.85. The highest BCUT2D eigenvalue weighted by Crippen LogP contribution is 2.17. The first-order valence-corrected chi connectivity index (χ1v) is 8.69. The monoisotopic (exact) mass is 346 g/mol. The first kappa shape index (κ1) is 20.2. The molecule has 2 rings (SSSR count). The number of nitrogens with zero attached hydrogens (tertiary/aromatic N) is 2. The van der Waals surface area contributed by atoms with Crippen molar-refractivity contribution < 1.29 is 9.59 Å². The minimum Gasteiger partial charge on any atom is -0.356 e. The van der Waals surface area contributed by atoms with Crippen LogP contribution in [0.15, 0.2) is 0 Å². The third-order valence-corrected chi connectivity index (χ3v) is 4.62. The Hall–Kier alpha value is -0.850. The van der Waals surface area contributed by atoms with E-state index in [1.165, 1.54) is 0 Å². The Morgan fingerprint density at radius 3 is 2.39 bits per heavy atom. The van der Waals surface area contributed by atoms with E-state index < -0.39 is 0 Å². The number of rotatable bonds is 6. The van der Waals surface area contributed by atoms with Gasteiger partial charge in [0.05, 0.1) is 0 Å². The quantitative estimate of drug-likeness (QED) is 0.733. The van der Waals surface area contributed by atoms with Gasteiger partial charge in [0.2, 0.25) is 11.8 Å². The van der Waals surface area contributed by atoms with E-state index >= 15 is 0 Å². The molecule has 2 heterocycles. The van der Waals surface area contributed by atoms with Gasteiger partial charge in [0.25, 0.3) is 0 Å². The second-order valence-electron chi connectivity index (χ2n) is 6.29. The number of hydrogen-bond acceptors (Lipinski definition) is 4. The Balaban J connectivity index is 0.00000264. The van der Waals surface area contributed by atoms with Crippen molar-refractivity contribution in [2.45, 2.75) is 32.6 Å². The topological polar surface area (TPSA) is 64.7 Å². The summed E-state index contributed by atoms with van der Waals surface area (Å²) >= 11 is 0. The van der Waals surface area contributed by atoms with Crippen molar-refractivity contribution >= 4 is 24.2 Å². The molecule has 0 aromatic heterocycles. The lowest BCUT2D eigenvalue weighted by Crippen LogP contribution is -2.47. The summed E-state index contributed by atoms with van der Waals surface area (Å²) in [7, 11) is 0. The molecule has 2 saturated heterocycles. The van der Waals surface area contributed by atoms with Gasteiger partial charge in [-0.15, -0.1) is 12.4 Å². The van der Waals surface area contributed by atoms with Gasteiger partial charge in [0.1, 0.15) is 0 Å². The van der Waals surface area contributed by atoms with Gasteiger partial charge in [0, 0.05) is 51.6 Å². The maximum atomic E-state index is 12.1. The second kappa shape index (κ2) is 10.8. The fourth-order valence-electron chi connectivity index (χ4n) is 3.14. The third kappa shape index (κ3) is 6.65. The van der Waals surface area contributed by atoms with Gasteiger partial charge < -0.3 is 20.4 Å². The van der Waals surface area contributed by atoms with Gasteiger partial charge >= 0.3 is 0 Å². The van der Waals surface area contributed by atoms with Crippen molar-refractivity contribution in [2.24, 2.45) is 5.92 Å². The van der Waals surface area contributed by atoms with Crippen molar-refractivity contribution in [1.29, 1.82) is 0 Å². The Morgan fingerprint density at radius 2 is 1.78 bits per heavy atom. The van der Waals surface area contributed by atoms with Crippen LogP contribution in [-0.2, 0) is 9.59 Å². The van der Waals surface area contributed by atoms with Crippen molar-refractivity contribution in [3.05, 3.63) is 0 Å². The molecule has 23 heavy (non-hydrogen) atoms. The fraction of sp³-hybridized carbons (Fsp3) is 0.875. The SMILES string of the molecule is CCCNC(=O)C1CCN(CCC(=O)N2CCNCC2)CC1.Cl. The van der Waals surface area contributed by atoms with E-state index in [0.29, 0.717) is 6.42 Å². The lowest BCUT2D eigenvalue weighted by molar-refractivity contribution is -0.132. The molecule has 2 aliphatic heterocycles. The first-order chi connectivity index (χ1) is 10.7. The average Bonchev–Trinajstić information content (AvgIpc) is 2.58. The fourth-order valence-corrected chi connectivity index (χ4v) is 3.14. The maximum absolute atomic E-state index is 12.1. The molecule has 0 aromatic rings. The Bertz CT molecular complexity index is 367. The number of halogens is 1. The van der Waals surface area contributed by atoms with Crippen LogP contribution >= 0.6 is 12.4 Å². The van der Waals surface area contributed by atoms with Crippen molar-refractivity contribution in [3.8, 4) is 0 Å². The molecule has 0 aromatic carbocycles. The molecule has 7 heteroatoms. The predicted molar refractivity (Wildman–Crippen MR) is 93.8 cm³/mol. The van der Waals surface area contributed by atoms with Crippen LogP contribution < -0.4 is 10.6 Å². The molecular formula is C16H31ClN4O2. The van der Waals surface area contributed by atoms with Crippen LogP contribution in [0.4, 0.5) is 0 Å². The molecule has 0 bridgehead atoms. The van der Waals surface area contributed by atoms with Crippen LogP contribution in [0.3, 0.4) is 0 Å². The summed E-state index contributed by atoms with van der Waals surface area (Å²) < 4.78 is 0. The smallest absolute Gasteiger partial charge is 0.223 e. The van der Waals surface area contributed by atoms with Crippen LogP contribution in [-0.4, -0.2) is 74.0 Å². The van der Waals surface area contributed by atoms with Crippen molar-refractivity contribution in [2.75, 3.05) is 52.4 Å². The minimum absolute atomic E-state index is 0. The number of hydrogen-bond donors (Lipinski definition) is 2. The molecule has 0 atom stereocenters. The van der Waals surface area contributed by atoms with Gasteiger partial charge in [-0.3, -0.25) is 9.59 Å². The van der Waals surface area contributed by atoms with Gasteiger partial charge in [-0.1, -0.05) is 6.92 Å². The Labute approximate surface area is 145 Å². The first-order valence-electron chi connectivity index (χ1n) is 8.69. The van der Waals surface area contributed by atoms with Crippen LogP contribution in [0.2, 0.25) is 0 Å². The lowest BCUT2D eigenvalue weighted by atomic mass is 9.96. The molecule has 0 saturated carbocycles. The molecule has 2 N–H and O–H groups in total. The van der Waals surface area contributed by atoms with Gasteiger partial charge in [-0.2, -0.15) is 0 Å². The molecular weight excluding hydrogens is 316 g/mol. The number of amides is 2. The molecule has 0 unspecified atom stereocenters. The molecule has 2 amide bonds. The largest absolute Gasteiger partial charge is 0.356 e. The molecule has 0 aliphatic carbocycles. The van der Waals surface area contributed by atoms with Crippen LogP contribution in [0.5, 0.6) is 0 Å². The number of carbonyl (C=O) groups excluding carboxylic acids is 2. The minimum atomic E-state index is 0. The highest BCUT2D eigenvalue weighted by atomic mass is 35.5. The zero-order chi connectivity index (χ0) is 15.8. The predicted octanol–water partition coefficient (Wildman–Crippen LogP) is 0.468. The van der Waals surface area contributed by atoms with E-state index in [4.69, 9.17) is 0 Å². The van der Waals surface area contributed by atoms with E-state index in [1.54, 1.807) is 0 Å². The number of nitrogens with one attached hydrogen (secondary N) is 2. The third-order valence-electron chi connectivity index (χ3n) is 4.62. The van der Waals surface area contributed by atoms with E-state index in [9.17, 15) is 9.59 Å². The maximum Gasteiger partial charge on any atom is 0.223 e. The van der Waals surface area contributed by atoms with Crippen LogP contribution in [0.25, 0.3) is 0 Å². The molecule has 134 valence electrons. The lowest BCUT2D eigenvalue weighted by Gasteiger charge is -2.32. The molecule has 0 spiro atoms. The normalized spacial score (nSPS) is 20.0. The van der Waals surface area contributed by atoms with Gasteiger partial charge in [0.15, 0.2) is 0 Å². The van der Waals surface area contributed by atoms with Gasteiger partial charge in [-0.25, -0.2) is 0 Å². The van der Waals surface area contributed by atoms with E-state index in [-0.39, 0.29) is 30.1 Å². The van der Waals surface area contributed by atoms with Crippen LogP contribution in [0, 0.1) is 5.92 Å². The Morgan fingerprint density at radius 1 is 1.13 bits per heavy atom. The summed E-state index contributed by atoms with van der Waals surface area (Å²) in [6.07, 6.45) is 3.42. The summed E-state index contributed by atoms with van der Waals surface area (Å²) in [5.41, 5.74) is 0. The summed E-state index contributed by atoms with van der Waals surface area (Å²) in [4.78, 5) is 28.4. The number of carbonyl (C=O) groups is 2.